The Kier molecular flexibility index (Phi) is 7.09. The molecule has 0 atom stereocenters. The van der Waals surface area contributed by atoms with Crippen LogP contribution in [0.2, 0.25) is 0 Å². The first kappa shape index (κ1) is 19.8. The normalized spacial score (nSPS) is 11.0. The summed E-state index contributed by atoms with van der Waals surface area (Å²) in [6.45, 7) is 9.66. The molecule has 6 nitrogen and oxygen atoms in total. The summed E-state index contributed by atoms with van der Waals surface area (Å²) >= 11 is 0. The van der Waals surface area contributed by atoms with Crippen LogP contribution in [-0.2, 0) is 4.74 Å². The Balaban J connectivity index is 2.26. The van der Waals surface area contributed by atoms with Gasteiger partial charge in [0.2, 0.25) is 0 Å². The molecule has 140 valence electrons. The zero-order chi connectivity index (χ0) is 19.1. The fourth-order valence-electron chi connectivity index (χ4n) is 2.73. The zero-order valence-corrected chi connectivity index (χ0v) is 16.2. The maximum Gasteiger partial charge on any atom is 0.274 e. The Hall–Kier alpha value is -2.47. The van der Waals surface area contributed by atoms with Crippen LogP contribution in [0.5, 0.6) is 0 Å². The minimum atomic E-state index is -0.239. The van der Waals surface area contributed by atoms with Crippen molar-refractivity contribution in [2.24, 2.45) is 0 Å². The van der Waals surface area contributed by atoms with Gasteiger partial charge in [-0.05, 0) is 23.0 Å². The lowest BCUT2D eigenvalue weighted by atomic mass is 9.92. The highest BCUT2D eigenvalue weighted by atomic mass is 16.5. The topological polar surface area (TPSA) is 76.1 Å². The Labute approximate surface area is 155 Å². The number of anilines is 2. The van der Waals surface area contributed by atoms with Crippen molar-refractivity contribution in [2.45, 2.75) is 39.5 Å². The lowest BCUT2D eigenvalue weighted by Crippen LogP contribution is -2.18. The fourth-order valence-corrected chi connectivity index (χ4v) is 2.73. The van der Waals surface area contributed by atoms with Crippen molar-refractivity contribution in [1.82, 2.24) is 9.97 Å². The van der Waals surface area contributed by atoms with Crippen LogP contribution in [0.3, 0.4) is 0 Å². The molecule has 2 rings (SSSR count). The van der Waals surface area contributed by atoms with Crippen molar-refractivity contribution in [3.05, 3.63) is 47.4 Å². The average Bonchev–Trinajstić information content (AvgIpc) is 2.62. The number of nitrogens with zero attached hydrogens (tertiary/aromatic N) is 2. The number of amides is 1. The van der Waals surface area contributed by atoms with Crippen LogP contribution in [0.15, 0.2) is 30.6 Å². The van der Waals surface area contributed by atoms with E-state index in [4.69, 9.17) is 4.74 Å². The van der Waals surface area contributed by atoms with Gasteiger partial charge in [0.15, 0.2) is 0 Å². The number of aromatic nitrogens is 2. The van der Waals surface area contributed by atoms with E-state index in [1.54, 1.807) is 13.2 Å². The Bertz CT molecular complexity index is 718. The van der Waals surface area contributed by atoms with E-state index in [2.05, 4.69) is 60.4 Å². The summed E-state index contributed by atoms with van der Waals surface area (Å²) in [5, 5.41) is 6.18. The van der Waals surface area contributed by atoms with Crippen molar-refractivity contribution in [2.75, 3.05) is 30.9 Å². The molecule has 0 unspecified atom stereocenters. The predicted molar refractivity (Wildman–Crippen MR) is 105 cm³/mol. The SMILES string of the molecule is COCCNc1cc(C(=O)Nc2c(C(C)C)cccc2C(C)C)ncn1. The molecule has 26 heavy (non-hydrogen) atoms. The number of rotatable bonds is 8. The number of methoxy groups -OCH3 is 1. The molecule has 0 aliphatic heterocycles. The van der Waals surface area contributed by atoms with E-state index in [0.29, 0.717) is 36.5 Å². The molecule has 0 aliphatic rings. The average molecular weight is 356 g/mol. The first-order valence-electron chi connectivity index (χ1n) is 8.93. The standard InChI is InChI=1S/C20H28N4O2/c1-13(2)15-7-6-8-16(14(3)4)19(15)24-20(25)17-11-18(23-12-22-17)21-9-10-26-5/h6-8,11-14H,9-10H2,1-5H3,(H,24,25)(H,21,22,23). The van der Waals surface area contributed by atoms with E-state index >= 15 is 0 Å². The number of hydrogen-bond donors (Lipinski definition) is 2. The van der Waals surface area contributed by atoms with Gasteiger partial charge in [-0.1, -0.05) is 45.9 Å². The highest BCUT2D eigenvalue weighted by Crippen LogP contribution is 2.32. The molecule has 2 N–H and O–H groups in total. The van der Waals surface area contributed by atoms with Crippen LogP contribution < -0.4 is 10.6 Å². The van der Waals surface area contributed by atoms with Crippen LogP contribution in [0, 0.1) is 0 Å². The number of carbonyl (C=O) groups is 1. The molecule has 0 radical (unpaired) electrons. The third-order valence-corrected chi connectivity index (χ3v) is 4.12. The second kappa shape index (κ2) is 9.29. The van der Waals surface area contributed by atoms with E-state index in [1.165, 1.54) is 6.33 Å². The van der Waals surface area contributed by atoms with E-state index in [0.717, 1.165) is 16.8 Å². The maximum absolute atomic E-state index is 12.8. The molecule has 0 saturated heterocycles. The molecule has 0 fully saturated rings. The summed E-state index contributed by atoms with van der Waals surface area (Å²) in [5.74, 6) is 0.974. The first-order chi connectivity index (χ1) is 12.4. The number of nitrogens with one attached hydrogen (secondary N) is 2. The van der Waals surface area contributed by atoms with E-state index < -0.39 is 0 Å². The first-order valence-corrected chi connectivity index (χ1v) is 8.93. The van der Waals surface area contributed by atoms with Gasteiger partial charge in [0.25, 0.3) is 5.91 Å². The largest absolute Gasteiger partial charge is 0.383 e. The third kappa shape index (κ3) is 5.02. The van der Waals surface area contributed by atoms with Gasteiger partial charge in [-0.2, -0.15) is 0 Å². The monoisotopic (exact) mass is 356 g/mol. The highest BCUT2D eigenvalue weighted by molar-refractivity contribution is 6.04. The summed E-state index contributed by atoms with van der Waals surface area (Å²) in [7, 11) is 1.64. The van der Waals surface area contributed by atoms with Crippen molar-refractivity contribution in [1.29, 1.82) is 0 Å². The second-order valence-corrected chi connectivity index (χ2v) is 6.78. The van der Waals surface area contributed by atoms with Crippen LogP contribution in [-0.4, -0.2) is 36.1 Å². The smallest absolute Gasteiger partial charge is 0.274 e. The predicted octanol–water partition coefficient (Wildman–Crippen LogP) is 4.03. The van der Waals surface area contributed by atoms with E-state index in [9.17, 15) is 4.79 Å². The van der Waals surface area contributed by atoms with Gasteiger partial charge in [-0.15, -0.1) is 0 Å². The molecule has 0 saturated carbocycles. The third-order valence-electron chi connectivity index (χ3n) is 4.12. The van der Waals surface area contributed by atoms with Crippen LogP contribution >= 0.6 is 0 Å². The maximum atomic E-state index is 12.8. The second-order valence-electron chi connectivity index (χ2n) is 6.78. The number of para-hydroxylation sites is 1. The quantitative estimate of drug-likeness (QED) is 0.698. The summed E-state index contributed by atoms with van der Waals surface area (Å²) in [5.41, 5.74) is 3.46. The molecule has 1 aromatic heterocycles. The molecule has 0 spiro atoms. The molecule has 1 heterocycles. The number of hydrogen-bond acceptors (Lipinski definition) is 5. The minimum absolute atomic E-state index is 0.239. The van der Waals surface area contributed by atoms with Crippen molar-refractivity contribution in [3.8, 4) is 0 Å². The Morgan fingerprint density at radius 2 is 1.77 bits per heavy atom. The summed E-state index contributed by atoms with van der Waals surface area (Å²) in [6.07, 6.45) is 1.39. The summed E-state index contributed by atoms with van der Waals surface area (Å²) < 4.78 is 5.01. The zero-order valence-electron chi connectivity index (χ0n) is 16.2. The molecule has 2 aromatic rings. The molecular weight excluding hydrogens is 328 g/mol. The van der Waals surface area contributed by atoms with Gasteiger partial charge in [0, 0.05) is 25.4 Å². The minimum Gasteiger partial charge on any atom is -0.383 e. The van der Waals surface area contributed by atoms with Crippen molar-refractivity contribution in [3.63, 3.8) is 0 Å². The van der Waals surface area contributed by atoms with Crippen molar-refractivity contribution >= 4 is 17.4 Å². The van der Waals surface area contributed by atoms with Gasteiger partial charge < -0.3 is 15.4 Å². The Morgan fingerprint density at radius 3 is 2.35 bits per heavy atom. The molecule has 1 amide bonds. The number of carbonyl (C=O) groups excluding carboxylic acids is 1. The summed E-state index contributed by atoms with van der Waals surface area (Å²) in [4.78, 5) is 21.0. The number of ether oxygens (including phenoxy) is 1. The molecule has 0 aliphatic carbocycles. The van der Waals surface area contributed by atoms with E-state index in [1.807, 2.05) is 6.07 Å². The molecule has 1 aromatic carbocycles. The highest BCUT2D eigenvalue weighted by Gasteiger charge is 2.17. The van der Waals surface area contributed by atoms with Gasteiger partial charge in [0.1, 0.15) is 17.8 Å². The molecule has 0 bridgehead atoms. The van der Waals surface area contributed by atoms with Crippen LogP contribution in [0.1, 0.15) is 61.1 Å². The van der Waals surface area contributed by atoms with Crippen LogP contribution in [0.4, 0.5) is 11.5 Å². The van der Waals surface area contributed by atoms with Crippen molar-refractivity contribution < 1.29 is 9.53 Å². The van der Waals surface area contributed by atoms with Gasteiger partial charge in [-0.25, -0.2) is 9.97 Å². The van der Waals surface area contributed by atoms with E-state index in [-0.39, 0.29) is 5.91 Å². The summed E-state index contributed by atoms with van der Waals surface area (Å²) in [6, 6.07) is 7.81. The Morgan fingerprint density at radius 1 is 1.12 bits per heavy atom. The van der Waals surface area contributed by atoms with Gasteiger partial charge >= 0.3 is 0 Å². The number of benzene rings is 1. The lowest BCUT2D eigenvalue weighted by Gasteiger charge is -2.20. The lowest BCUT2D eigenvalue weighted by molar-refractivity contribution is 0.102. The fraction of sp³-hybridized carbons (Fsp3) is 0.450. The molecule has 6 heteroatoms. The molecular formula is C20H28N4O2. The van der Waals surface area contributed by atoms with Crippen LogP contribution in [0.25, 0.3) is 0 Å². The van der Waals surface area contributed by atoms with Gasteiger partial charge in [-0.3, -0.25) is 4.79 Å². The van der Waals surface area contributed by atoms with Gasteiger partial charge in [0.05, 0.1) is 6.61 Å².